The maximum atomic E-state index is 10.5. The molecule has 0 amide bonds. The summed E-state index contributed by atoms with van der Waals surface area (Å²) in [7, 11) is 0. The second-order valence-electron chi connectivity index (χ2n) is 3.22. The number of rotatable bonds is 1. The number of hydrogen-bond acceptors (Lipinski definition) is 3. The zero-order valence-corrected chi connectivity index (χ0v) is 6.91. The highest BCUT2D eigenvalue weighted by molar-refractivity contribution is 5.73. The Balaban J connectivity index is 2.10. The minimum absolute atomic E-state index is 0.453. The Hall–Kier alpha value is -0.670. The van der Waals surface area contributed by atoms with Gasteiger partial charge in [0.15, 0.2) is 5.79 Å². The monoisotopic (exact) mass is 168 g/mol. The molecule has 0 bridgehead atoms. The van der Waals surface area contributed by atoms with Crippen LogP contribution < -0.4 is 0 Å². The maximum Gasteiger partial charge on any atom is 0.172 e. The molecule has 1 aliphatic heterocycles. The number of aldehydes is 1. The van der Waals surface area contributed by atoms with Gasteiger partial charge in [0.1, 0.15) is 6.29 Å². The molecule has 0 unspecified atom stereocenters. The molecule has 0 atom stereocenters. The van der Waals surface area contributed by atoms with Gasteiger partial charge in [-0.15, -0.1) is 0 Å². The number of carbonyl (C=O) groups is 1. The van der Waals surface area contributed by atoms with Crippen molar-refractivity contribution in [2.24, 2.45) is 0 Å². The summed E-state index contributed by atoms with van der Waals surface area (Å²) in [5, 5.41) is 0. The minimum atomic E-state index is -0.453. The highest BCUT2D eigenvalue weighted by Crippen LogP contribution is 2.34. The highest BCUT2D eigenvalue weighted by atomic mass is 16.7. The van der Waals surface area contributed by atoms with Gasteiger partial charge in [0.25, 0.3) is 0 Å². The zero-order valence-electron chi connectivity index (χ0n) is 6.91. The van der Waals surface area contributed by atoms with Gasteiger partial charge in [-0.1, -0.05) is 6.08 Å². The van der Waals surface area contributed by atoms with Gasteiger partial charge in [0.05, 0.1) is 13.2 Å². The maximum absolute atomic E-state index is 10.5. The largest absolute Gasteiger partial charge is 0.347 e. The van der Waals surface area contributed by atoms with Gasteiger partial charge >= 0.3 is 0 Å². The lowest BCUT2D eigenvalue weighted by molar-refractivity contribution is -0.163. The van der Waals surface area contributed by atoms with Gasteiger partial charge in [-0.3, -0.25) is 4.79 Å². The molecule has 2 rings (SSSR count). The molecule has 1 spiro atoms. The normalized spacial score (nSPS) is 27.2. The van der Waals surface area contributed by atoms with E-state index in [4.69, 9.17) is 9.47 Å². The molecule has 0 N–H and O–H groups in total. The fraction of sp³-hybridized carbons (Fsp3) is 0.667. The van der Waals surface area contributed by atoms with Gasteiger partial charge in [-0.05, 0) is 12.0 Å². The van der Waals surface area contributed by atoms with Crippen LogP contribution in [0.1, 0.15) is 19.3 Å². The van der Waals surface area contributed by atoms with Gasteiger partial charge < -0.3 is 9.47 Å². The molecule has 1 aliphatic carbocycles. The van der Waals surface area contributed by atoms with E-state index in [9.17, 15) is 4.79 Å². The molecule has 12 heavy (non-hydrogen) atoms. The van der Waals surface area contributed by atoms with E-state index in [2.05, 4.69) is 0 Å². The Morgan fingerprint density at radius 3 is 2.83 bits per heavy atom. The fourth-order valence-corrected chi connectivity index (χ4v) is 1.78. The molecule has 0 aromatic heterocycles. The summed E-state index contributed by atoms with van der Waals surface area (Å²) >= 11 is 0. The summed E-state index contributed by atoms with van der Waals surface area (Å²) in [4.78, 5) is 10.5. The van der Waals surface area contributed by atoms with E-state index in [1.54, 1.807) is 0 Å². The molecule has 0 aromatic carbocycles. The van der Waals surface area contributed by atoms with Crippen molar-refractivity contribution in [2.45, 2.75) is 25.0 Å². The average molecular weight is 168 g/mol. The van der Waals surface area contributed by atoms with Crippen molar-refractivity contribution in [1.82, 2.24) is 0 Å². The highest BCUT2D eigenvalue weighted by Gasteiger charge is 2.38. The number of allylic oxidation sites excluding steroid dienone is 1. The molecule has 3 heteroatoms. The van der Waals surface area contributed by atoms with Crippen LogP contribution in [-0.4, -0.2) is 25.3 Å². The molecular formula is C9H12O3. The lowest BCUT2D eigenvalue weighted by Crippen LogP contribution is -2.32. The Labute approximate surface area is 71.3 Å². The summed E-state index contributed by atoms with van der Waals surface area (Å²) in [6.45, 7) is 1.32. The van der Waals surface area contributed by atoms with Crippen LogP contribution in [0.4, 0.5) is 0 Å². The van der Waals surface area contributed by atoms with Crippen LogP contribution in [0.2, 0.25) is 0 Å². The number of hydrogen-bond donors (Lipinski definition) is 0. The molecule has 1 fully saturated rings. The van der Waals surface area contributed by atoms with Crippen LogP contribution in [0.25, 0.3) is 0 Å². The third-order valence-electron chi connectivity index (χ3n) is 2.37. The lowest BCUT2D eigenvalue weighted by Gasteiger charge is -2.29. The van der Waals surface area contributed by atoms with Gasteiger partial charge in [0.2, 0.25) is 0 Å². The first kappa shape index (κ1) is 7.95. The second kappa shape index (κ2) is 2.99. The molecule has 0 saturated carbocycles. The van der Waals surface area contributed by atoms with Crippen LogP contribution in [0, 0.1) is 0 Å². The first-order valence-corrected chi connectivity index (χ1v) is 4.27. The van der Waals surface area contributed by atoms with E-state index in [0.717, 1.165) is 24.7 Å². The standard InChI is InChI=1S/C9H12O3/c10-7-8-2-1-3-9(6-8)11-4-5-12-9/h2,7H,1,3-6H2. The van der Waals surface area contributed by atoms with E-state index in [0.29, 0.717) is 19.6 Å². The van der Waals surface area contributed by atoms with Crippen LogP contribution in [0.3, 0.4) is 0 Å². The van der Waals surface area contributed by atoms with Crippen LogP contribution in [-0.2, 0) is 14.3 Å². The third-order valence-corrected chi connectivity index (χ3v) is 2.37. The first-order chi connectivity index (χ1) is 5.85. The smallest absolute Gasteiger partial charge is 0.172 e. The second-order valence-corrected chi connectivity index (χ2v) is 3.22. The Kier molecular flexibility index (Phi) is 1.98. The van der Waals surface area contributed by atoms with Gasteiger partial charge in [-0.2, -0.15) is 0 Å². The molecule has 3 nitrogen and oxygen atoms in total. The first-order valence-electron chi connectivity index (χ1n) is 4.27. The van der Waals surface area contributed by atoms with Crippen LogP contribution in [0.5, 0.6) is 0 Å². The van der Waals surface area contributed by atoms with Crippen molar-refractivity contribution in [1.29, 1.82) is 0 Å². The molecule has 0 aromatic rings. The molecule has 1 saturated heterocycles. The van der Waals surface area contributed by atoms with Crippen LogP contribution in [0.15, 0.2) is 11.6 Å². The molecule has 1 heterocycles. The average Bonchev–Trinajstić information content (AvgIpc) is 2.53. The van der Waals surface area contributed by atoms with Crippen molar-refractivity contribution in [3.63, 3.8) is 0 Å². The number of carbonyl (C=O) groups excluding carboxylic acids is 1. The van der Waals surface area contributed by atoms with Crippen molar-refractivity contribution in [3.05, 3.63) is 11.6 Å². The Morgan fingerprint density at radius 2 is 2.17 bits per heavy atom. The predicted molar refractivity (Wildman–Crippen MR) is 42.6 cm³/mol. The Morgan fingerprint density at radius 1 is 1.42 bits per heavy atom. The summed E-state index contributed by atoms with van der Waals surface area (Å²) in [6, 6.07) is 0. The summed E-state index contributed by atoms with van der Waals surface area (Å²) < 4.78 is 11.0. The topological polar surface area (TPSA) is 35.5 Å². The molecule has 66 valence electrons. The zero-order chi connectivity index (χ0) is 8.44. The summed E-state index contributed by atoms with van der Waals surface area (Å²) in [5.41, 5.74) is 0.808. The van der Waals surface area contributed by atoms with Crippen molar-refractivity contribution in [3.8, 4) is 0 Å². The van der Waals surface area contributed by atoms with Crippen molar-refractivity contribution < 1.29 is 14.3 Å². The molecular weight excluding hydrogens is 156 g/mol. The Bertz CT molecular complexity index is 214. The van der Waals surface area contributed by atoms with Gasteiger partial charge in [0, 0.05) is 12.8 Å². The molecule has 0 radical (unpaired) electrons. The van der Waals surface area contributed by atoms with Crippen LogP contribution >= 0.6 is 0 Å². The third kappa shape index (κ3) is 1.30. The van der Waals surface area contributed by atoms with Gasteiger partial charge in [-0.25, -0.2) is 0 Å². The van der Waals surface area contributed by atoms with E-state index < -0.39 is 5.79 Å². The predicted octanol–water partition coefficient (Wildman–Crippen LogP) is 1.04. The van der Waals surface area contributed by atoms with E-state index in [1.807, 2.05) is 6.08 Å². The lowest BCUT2D eigenvalue weighted by atomic mass is 9.94. The van der Waals surface area contributed by atoms with E-state index in [1.165, 1.54) is 0 Å². The minimum Gasteiger partial charge on any atom is -0.347 e. The number of ether oxygens (including phenoxy) is 2. The quantitative estimate of drug-likeness (QED) is 0.549. The van der Waals surface area contributed by atoms with E-state index >= 15 is 0 Å². The summed E-state index contributed by atoms with van der Waals surface area (Å²) in [5.74, 6) is -0.453. The van der Waals surface area contributed by atoms with Crippen molar-refractivity contribution in [2.75, 3.05) is 13.2 Å². The summed E-state index contributed by atoms with van der Waals surface area (Å²) in [6.07, 6.45) is 5.24. The van der Waals surface area contributed by atoms with Crippen molar-refractivity contribution >= 4 is 6.29 Å². The SMILES string of the molecule is O=CC1=CCCC2(C1)OCCO2. The molecule has 2 aliphatic rings. The fourth-order valence-electron chi connectivity index (χ4n) is 1.78. The van der Waals surface area contributed by atoms with E-state index in [-0.39, 0.29) is 0 Å².